The maximum atomic E-state index is 5.64. The highest BCUT2D eigenvalue weighted by molar-refractivity contribution is 9.10. The lowest BCUT2D eigenvalue weighted by Gasteiger charge is -2.06. The number of nitrogens with zero attached hydrogens (tertiary/aromatic N) is 1. The minimum atomic E-state index is 0.488. The summed E-state index contributed by atoms with van der Waals surface area (Å²) in [7, 11) is 0. The highest BCUT2D eigenvalue weighted by Gasteiger charge is 2.19. The van der Waals surface area contributed by atoms with Crippen LogP contribution in [0, 0.1) is 0 Å². The number of H-pyrrole nitrogens is 1. The Balaban J connectivity index is 2.20. The number of anilines is 1. The van der Waals surface area contributed by atoms with Crippen molar-refractivity contribution in [1.29, 1.82) is 0 Å². The van der Waals surface area contributed by atoms with E-state index in [1.54, 1.807) is 0 Å². The molecule has 0 saturated heterocycles. The number of nitrogens with one attached hydrogen (secondary N) is 1. The van der Waals surface area contributed by atoms with Gasteiger partial charge in [-0.05, 0) is 17.7 Å². The van der Waals surface area contributed by atoms with Gasteiger partial charge in [0.1, 0.15) is 11.6 Å². The second-order valence-electron chi connectivity index (χ2n) is 3.75. The molecule has 0 radical (unpaired) electrons. The van der Waals surface area contributed by atoms with Gasteiger partial charge in [-0.2, -0.15) is 5.10 Å². The van der Waals surface area contributed by atoms with Gasteiger partial charge in [0.2, 0.25) is 0 Å². The Labute approximate surface area is 101 Å². The molecule has 0 saturated carbocycles. The van der Waals surface area contributed by atoms with Gasteiger partial charge in [0, 0.05) is 22.5 Å². The second kappa shape index (κ2) is 3.52. The molecule has 0 amide bonds. The van der Waals surface area contributed by atoms with E-state index in [0.717, 1.165) is 34.5 Å². The molecule has 5 heteroatoms. The molecule has 3 rings (SSSR count). The topological polar surface area (TPSA) is 63.9 Å². The fourth-order valence-electron chi connectivity index (χ4n) is 1.94. The summed E-state index contributed by atoms with van der Waals surface area (Å²) in [6.07, 6.45) is 0.950. The van der Waals surface area contributed by atoms with Crippen molar-refractivity contribution in [2.75, 3.05) is 12.3 Å². The van der Waals surface area contributed by atoms with Crippen LogP contribution in [-0.2, 0) is 6.42 Å². The molecule has 0 bridgehead atoms. The van der Waals surface area contributed by atoms with Gasteiger partial charge < -0.3 is 10.5 Å². The number of fused-ring (bicyclic) bond motifs is 1. The summed E-state index contributed by atoms with van der Waals surface area (Å²) in [6, 6.07) is 5.91. The molecular formula is C11H10BrN3O. The van der Waals surface area contributed by atoms with Gasteiger partial charge in [-0.25, -0.2) is 0 Å². The highest BCUT2D eigenvalue weighted by Crippen LogP contribution is 2.38. The zero-order valence-electron chi connectivity index (χ0n) is 8.46. The Kier molecular flexibility index (Phi) is 2.14. The molecule has 1 aromatic carbocycles. The fraction of sp³-hybridized carbons (Fsp3) is 0.182. The lowest BCUT2D eigenvalue weighted by Crippen LogP contribution is -1.89. The molecule has 2 aromatic rings. The number of nitrogens with two attached hydrogens (primary N) is 1. The highest BCUT2D eigenvalue weighted by atomic mass is 79.9. The van der Waals surface area contributed by atoms with Crippen LogP contribution >= 0.6 is 15.9 Å². The number of ether oxygens (including phenoxy) is 1. The Hall–Kier alpha value is -1.49. The molecule has 0 aliphatic carbocycles. The van der Waals surface area contributed by atoms with E-state index in [9.17, 15) is 0 Å². The maximum absolute atomic E-state index is 5.64. The third-order valence-electron chi connectivity index (χ3n) is 2.64. The lowest BCUT2D eigenvalue weighted by atomic mass is 10.1. The van der Waals surface area contributed by atoms with Crippen molar-refractivity contribution >= 4 is 21.7 Å². The van der Waals surface area contributed by atoms with Crippen LogP contribution in [0.4, 0.5) is 5.82 Å². The van der Waals surface area contributed by atoms with Crippen molar-refractivity contribution in [2.45, 2.75) is 6.42 Å². The summed E-state index contributed by atoms with van der Waals surface area (Å²) in [5.74, 6) is 1.42. The van der Waals surface area contributed by atoms with Crippen LogP contribution in [-0.4, -0.2) is 16.8 Å². The van der Waals surface area contributed by atoms with Crippen LogP contribution < -0.4 is 10.5 Å². The summed E-state index contributed by atoms with van der Waals surface area (Å²) < 4.78 is 6.68. The number of hydrogen-bond donors (Lipinski definition) is 2. The maximum Gasteiger partial charge on any atom is 0.145 e. The first-order valence-electron chi connectivity index (χ1n) is 5.00. The molecule has 1 aliphatic heterocycles. The number of rotatable bonds is 1. The van der Waals surface area contributed by atoms with E-state index in [0.29, 0.717) is 5.82 Å². The molecular weight excluding hydrogens is 270 g/mol. The number of aromatic nitrogens is 2. The van der Waals surface area contributed by atoms with Crippen molar-refractivity contribution in [3.05, 3.63) is 28.2 Å². The molecule has 0 unspecified atom stereocenters. The summed E-state index contributed by atoms with van der Waals surface area (Å²) >= 11 is 3.50. The van der Waals surface area contributed by atoms with Crippen molar-refractivity contribution in [2.24, 2.45) is 0 Å². The smallest absolute Gasteiger partial charge is 0.145 e. The van der Waals surface area contributed by atoms with E-state index in [2.05, 4.69) is 32.2 Å². The van der Waals surface area contributed by atoms with Gasteiger partial charge in [-0.3, -0.25) is 5.10 Å². The van der Waals surface area contributed by atoms with Gasteiger partial charge in [0.25, 0.3) is 0 Å². The van der Waals surface area contributed by atoms with E-state index >= 15 is 0 Å². The lowest BCUT2D eigenvalue weighted by molar-refractivity contribution is 0.358. The van der Waals surface area contributed by atoms with Crippen LogP contribution in [0.5, 0.6) is 5.75 Å². The molecule has 1 aromatic heterocycles. The van der Waals surface area contributed by atoms with E-state index in [1.807, 2.05) is 12.1 Å². The quantitative estimate of drug-likeness (QED) is 0.842. The Bertz CT molecular complexity index is 550. The molecule has 16 heavy (non-hydrogen) atoms. The summed E-state index contributed by atoms with van der Waals surface area (Å²) in [5.41, 5.74) is 8.72. The first kappa shape index (κ1) is 9.72. The molecule has 0 spiro atoms. The Morgan fingerprint density at radius 2 is 2.25 bits per heavy atom. The normalized spacial score (nSPS) is 13.6. The molecule has 4 nitrogen and oxygen atoms in total. The standard InChI is InChI=1S/C11H10BrN3O/c12-7-3-6-1-2-16-11(6)8(4-7)9-5-10(13)15-14-9/h3-5H,1-2H2,(H3,13,14,15). The first-order chi connectivity index (χ1) is 7.74. The van der Waals surface area contributed by atoms with E-state index in [4.69, 9.17) is 10.5 Å². The second-order valence-corrected chi connectivity index (χ2v) is 4.66. The number of benzene rings is 1. The molecule has 82 valence electrons. The molecule has 1 aliphatic rings. The third-order valence-corrected chi connectivity index (χ3v) is 3.09. The largest absolute Gasteiger partial charge is 0.492 e. The monoisotopic (exact) mass is 279 g/mol. The fourth-order valence-corrected chi connectivity index (χ4v) is 2.45. The summed E-state index contributed by atoms with van der Waals surface area (Å²) in [4.78, 5) is 0. The summed E-state index contributed by atoms with van der Waals surface area (Å²) in [5, 5.41) is 6.83. The zero-order chi connectivity index (χ0) is 11.1. The third kappa shape index (κ3) is 1.48. The average molecular weight is 280 g/mol. The van der Waals surface area contributed by atoms with Crippen molar-refractivity contribution in [3.8, 4) is 17.0 Å². The van der Waals surface area contributed by atoms with E-state index in [-0.39, 0.29) is 0 Å². The van der Waals surface area contributed by atoms with Crippen LogP contribution in [0.15, 0.2) is 22.7 Å². The van der Waals surface area contributed by atoms with Crippen LogP contribution in [0.2, 0.25) is 0 Å². The van der Waals surface area contributed by atoms with Crippen molar-refractivity contribution in [1.82, 2.24) is 10.2 Å². The molecule has 0 fully saturated rings. The predicted octanol–water partition coefficient (Wildman–Crippen LogP) is 2.36. The van der Waals surface area contributed by atoms with E-state index < -0.39 is 0 Å². The van der Waals surface area contributed by atoms with Gasteiger partial charge in [0.15, 0.2) is 0 Å². The average Bonchev–Trinajstić information content (AvgIpc) is 2.84. The van der Waals surface area contributed by atoms with E-state index in [1.165, 1.54) is 5.56 Å². The Morgan fingerprint density at radius 1 is 1.38 bits per heavy atom. The summed E-state index contributed by atoms with van der Waals surface area (Å²) in [6.45, 7) is 0.738. The van der Waals surface area contributed by atoms with Gasteiger partial charge in [-0.1, -0.05) is 15.9 Å². The SMILES string of the molecule is Nc1cc(-c2cc(Br)cc3c2OCC3)[nH]n1. The van der Waals surface area contributed by atoms with Crippen LogP contribution in [0.3, 0.4) is 0 Å². The predicted molar refractivity (Wildman–Crippen MR) is 65.3 cm³/mol. The molecule has 0 atom stereocenters. The molecule has 2 heterocycles. The van der Waals surface area contributed by atoms with Crippen LogP contribution in [0.25, 0.3) is 11.3 Å². The van der Waals surface area contributed by atoms with Crippen LogP contribution in [0.1, 0.15) is 5.56 Å². The van der Waals surface area contributed by atoms with Gasteiger partial charge in [0.05, 0.1) is 12.3 Å². The van der Waals surface area contributed by atoms with Gasteiger partial charge >= 0.3 is 0 Å². The molecule has 3 N–H and O–H groups in total. The van der Waals surface area contributed by atoms with Gasteiger partial charge in [-0.15, -0.1) is 0 Å². The minimum absolute atomic E-state index is 0.488. The minimum Gasteiger partial charge on any atom is -0.492 e. The first-order valence-corrected chi connectivity index (χ1v) is 5.80. The van der Waals surface area contributed by atoms with Crippen molar-refractivity contribution < 1.29 is 4.74 Å². The number of nitrogen functional groups attached to an aromatic ring is 1. The number of halogens is 1. The number of hydrogen-bond acceptors (Lipinski definition) is 3. The van der Waals surface area contributed by atoms with Crippen molar-refractivity contribution in [3.63, 3.8) is 0 Å². The Morgan fingerprint density at radius 3 is 3.00 bits per heavy atom. The zero-order valence-corrected chi connectivity index (χ0v) is 10.0. The number of aromatic amines is 1.